The number of carbonyl (C=O) groups excluding carboxylic acids is 1. The van der Waals surface area contributed by atoms with Crippen LogP contribution in [0.15, 0.2) is 48.5 Å². The number of rotatable bonds is 3. The second-order valence-electron chi connectivity index (χ2n) is 6.39. The maximum Gasteiger partial charge on any atom is 0.416 e. The van der Waals surface area contributed by atoms with Crippen LogP contribution >= 0.6 is 11.6 Å². The van der Waals surface area contributed by atoms with Gasteiger partial charge in [0.2, 0.25) is 0 Å². The van der Waals surface area contributed by atoms with Gasteiger partial charge in [-0.25, -0.2) is 0 Å². The van der Waals surface area contributed by atoms with E-state index in [9.17, 15) is 27.9 Å². The average molecular weight is 398 g/mol. The van der Waals surface area contributed by atoms with Gasteiger partial charge in [0.25, 0.3) is 5.91 Å². The number of carbonyl (C=O) groups is 2. The average Bonchev–Trinajstić information content (AvgIpc) is 3.07. The molecule has 0 aliphatic carbocycles. The van der Waals surface area contributed by atoms with Gasteiger partial charge in [-0.1, -0.05) is 29.8 Å². The molecular formula is C19H15ClF3NO3. The molecule has 0 bridgehead atoms. The van der Waals surface area contributed by atoms with Crippen molar-refractivity contribution in [1.29, 1.82) is 0 Å². The highest BCUT2D eigenvalue weighted by Gasteiger charge is 2.41. The highest BCUT2D eigenvalue weighted by molar-refractivity contribution is 6.30. The molecule has 1 aliphatic rings. The summed E-state index contributed by atoms with van der Waals surface area (Å²) < 4.78 is 38.6. The molecule has 1 saturated heterocycles. The highest BCUT2D eigenvalue weighted by atomic mass is 35.5. The monoisotopic (exact) mass is 397 g/mol. The number of aliphatic carboxylic acids is 1. The molecule has 142 valence electrons. The van der Waals surface area contributed by atoms with Crippen LogP contribution in [0.25, 0.3) is 0 Å². The lowest BCUT2D eigenvalue weighted by molar-refractivity contribution is -0.141. The quantitative estimate of drug-likeness (QED) is 0.840. The summed E-state index contributed by atoms with van der Waals surface area (Å²) in [6.07, 6.45) is -4.56. The van der Waals surface area contributed by atoms with Crippen molar-refractivity contribution in [3.8, 4) is 0 Å². The first kappa shape index (κ1) is 19.2. The lowest BCUT2D eigenvalue weighted by atomic mass is 9.89. The molecule has 0 spiro atoms. The minimum absolute atomic E-state index is 0.0717. The van der Waals surface area contributed by atoms with E-state index in [1.54, 1.807) is 24.3 Å². The second-order valence-corrected chi connectivity index (χ2v) is 6.83. The van der Waals surface area contributed by atoms with Crippen molar-refractivity contribution in [1.82, 2.24) is 4.90 Å². The first-order valence-corrected chi connectivity index (χ1v) is 8.49. The smallest absolute Gasteiger partial charge is 0.416 e. The summed E-state index contributed by atoms with van der Waals surface area (Å²) in [5, 5.41) is 10.0. The molecule has 1 heterocycles. The van der Waals surface area contributed by atoms with Crippen LogP contribution < -0.4 is 0 Å². The Hall–Kier alpha value is -2.54. The summed E-state index contributed by atoms with van der Waals surface area (Å²) in [5.41, 5.74) is -0.326. The second kappa shape index (κ2) is 7.23. The van der Waals surface area contributed by atoms with Crippen molar-refractivity contribution < 1.29 is 27.9 Å². The van der Waals surface area contributed by atoms with Crippen LogP contribution in [-0.2, 0) is 11.0 Å². The molecule has 27 heavy (non-hydrogen) atoms. The Kier molecular flexibility index (Phi) is 5.15. The van der Waals surface area contributed by atoms with Crippen molar-refractivity contribution in [2.45, 2.75) is 12.1 Å². The molecule has 1 fully saturated rings. The third-order valence-electron chi connectivity index (χ3n) is 4.66. The Bertz CT molecular complexity index is 867. The fourth-order valence-corrected chi connectivity index (χ4v) is 3.40. The Balaban J connectivity index is 1.86. The molecule has 0 saturated carbocycles. The number of alkyl halides is 3. The number of hydrogen-bond donors (Lipinski definition) is 1. The van der Waals surface area contributed by atoms with E-state index in [0.717, 1.165) is 18.2 Å². The maximum absolute atomic E-state index is 12.9. The van der Waals surface area contributed by atoms with Gasteiger partial charge in [0.15, 0.2) is 0 Å². The van der Waals surface area contributed by atoms with Gasteiger partial charge in [-0.3, -0.25) is 9.59 Å². The van der Waals surface area contributed by atoms with Gasteiger partial charge >= 0.3 is 12.1 Å². The molecule has 0 radical (unpaired) electrons. The predicted molar refractivity (Wildman–Crippen MR) is 92.7 cm³/mol. The molecule has 8 heteroatoms. The number of hydrogen-bond acceptors (Lipinski definition) is 2. The molecule has 0 aromatic heterocycles. The Morgan fingerprint density at radius 1 is 1.07 bits per heavy atom. The first-order chi connectivity index (χ1) is 12.7. The summed E-state index contributed by atoms with van der Waals surface area (Å²) in [6, 6.07) is 10.8. The number of carboxylic acid groups (broad SMARTS) is 1. The topological polar surface area (TPSA) is 57.6 Å². The third-order valence-corrected chi connectivity index (χ3v) is 4.91. The fraction of sp³-hybridized carbons (Fsp3) is 0.263. The zero-order valence-electron chi connectivity index (χ0n) is 13.9. The van der Waals surface area contributed by atoms with Crippen molar-refractivity contribution in [2.75, 3.05) is 13.1 Å². The van der Waals surface area contributed by atoms with E-state index in [0.29, 0.717) is 10.6 Å². The van der Waals surface area contributed by atoms with Gasteiger partial charge in [-0.2, -0.15) is 13.2 Å². The zero-order chi connectivity index (χ0) is 19.8. The van der Waals surface area contributed by atoms with Crippen LogP contribution in [0.1, 0.15) is 27.4 Å². The van der Waals surface area contributed by atoms with Crippen molar-refractivity contribution in [3.63, 3.8) is 0 Å². The van der Waals surface area contributed by atoms with E-state index in [1.807, 2.05) is 0 Å². The molecule has 1 amide bonds. The lowest BCUT2D eigenvalue weighted by Gasteiger charge is -2.17. The summed E-state index contributed by atoms with van der Waals surface area (Å²) in [7, 11) is 0. The van der Waals surface area contributed by atoms with Crippen molar-refractivity contribution in [2.24, 2.45) is 5.92 Å². The van der Waals surface area contributed by atoms with E-state index in [2.05, 4.69) is 0 Å². The van der Waals surface area contributed by atoms with Gasteiger partial charge in [0.05, 0.1) is 11.5 Å². The molecule has 1 aliphatic heterocycles. The van der Waals surface area contributed by atoms with E-state index in [1.165, 1.54) is 11.0 Å². The SMILES string of the molecule is O=C(O)[C@@H]1CN(C(=O)c2cccc(C(F)(F)F)c2)C[C@H]1c1ccc(Cl)cc1. The minimum atomic E-state index is -4.56. The van der Waals surface area contributed by atoms with E-state index < -0.39 is 35.5 Å². The number of amides is 1. The Labute approximate surface area is 158 Å². The number of nitrogens with zero attached hydrogens (tertiary/aromatic N) is 1. The van der Waals surface area contributed by atoms with Crippen LogP contribution in [-0.4, -0.2) is 35.0 Å². The summed E-state index contributed by atoms with van der Waals surface area (Å²) in [5.74, 6) is -2.99. The van der Waals surface area contributed by atoms with Crippen molar-refractivity contribution in [3.05, 3.63) is 70.2 Å². The number of carboxylic acids is 1. The normalized spacial score (nSPS) is 19.9. The van der Waals surface area contributed by atoms with Crippen molar-refractivity contribution >= 4 is 23.5 Å². The molecular weight excluding hydrogens is 383 g/mol. The molecule has 2 atom stereocenters. The van der Waals surface area contributed by atoms with Crippen LogP contribution in [0.2, 0.25) is 5.02 Å². The van der Waals surface area contributed by atoms with Gasteiger partial charge in [0, 0.05) is 29.6 Å². The Morgan fingerprint density at radius 2 is 1.74 bits per heavy atom. The highest BCUT2D eigenvalue weighted by Crippen LogP contribution is 2.35. The molecule has 2 aromatic rings. The van der Waals surface area contributed by atoms with Gasteiger partial charge in [-0.05, 0) is 35.9 Å². The van der Waals surface area contributed by atoms with Crippen LogP contribution in [0, 0.1) is 5.92 Å². The number of likely N-dealkylation sites (tertiary alicyclic amines) is 1. The molecule has 0 unspecified atom stereocenters. The molecule has 3 rings (SSSR count). The van der Waals surface area contributed by atoms with E-state index in [4.69, 9.17) is 11.6 Å². The van der Waals surface area contributed by atoms with E-state index in [-0.39, 0.29) is 18.7 Å². The van der Waals surface area contributed by atoms with Crippen LogP contribution in [0.5, 0.6) is 0 Å². The molecule has 4 nitrogen and oxygen atoms in total. The third kappa shape index (κ3) is 4.08. The molecule has 1 N–H and O–H groups in total. The maximum atomic E-state index is 12.9. The summed E-state index contributed by atoms with van der Waals surface area (Å²) in [4.78, 5) is 25.6. The minimum Gasteiger partial charge on any atom is -0.481 e. The summed E-state index contributed by atoms with van der Waals surface area (Å²) >= 11 is 5.86. The molecule has 2 aromatic carbocycles. The van der Waals surface area contributed by atoms with Gasteiger partial charge < -0.3 is 10.0 Å². The fourth-order valence-electron chi connectivity index (χ4n) is 3.28. The first-order valence-electron chi connectivity index (χ1n) is 8.11. The number of benzene rings is 2. The standard InChI is InChI=1S/C19H15ClF3NO3/c20-14-6-4-11(5-7-14)15-9-24(10-16(15)18(26)27)17(25)12-2-1-3-13(8-12)19(21,22)23/h1-8,15-16H,9-10H2,(H,26,27)/t15-,16+/m0/s1. The zero-order valence-corrected chi connectivity index (χ0v) is 14.7. The predicted octanol–water partition coefficient (Wildman–Crippen LogP) is 4.30. The lowest BCUT2D eigenvalue weighted by Crippen LogP contribution is -2.30. The van der Waals surface area contributed by atoms with Gasteiger partial charge in [-0.15, -0.1) is 0 Å². The largest absolute Gasteiger partial charge is 0.481 e. The summed E-state index contributed by atoms with van der Waals surface area (Å²) in [6.45, 7) is 0.0331. The van der Waals surface area contributed by atoms with Crippen LogP contribution in [0.4, 0.5) is 13.2 Å². The van der Waals surface area contributed by atoms with Gasteiger partial charge in [0.1, 0.15) is 0 Å². The van der Waals surface area contributed by atoms with E-state index >= 15 is 0 Å². The van der Waals surface area contributed by atoms with Crippen LogP contribution in [0.3, 0.4) is 0 Å². The number of halogens is 4. The Morgan fingerprint density at radius 3 is 2.33 bits per heavy atom.